The van der Waals surface area contributed by atoms with E-state index >= 15 is 0 Å². The molecule has 6 heteroatoms. The van der Waals surface area contributed by atoms with E-state index in [4.69, 9.17) is 14.5 Å². The number of carbonyl (C=O) groups excluding carboxylic acids is 1. The van der Waals surface area contributed by atoms with Gasteiger partial charge in [0.25, 0.3) is 5.91 Å². The Morgan fingerprint density at radius 1 is 1.15 bits per heavy atom. The molecule has 5 nitrogen and oxygen atoms in total. The summed E-state index contributed by atoms with van der Waals surface area (Å²) in [6.07, 6.45) is 9.68. The summed E-state index contributed by atoms with van der Waals surface area (Å²) in [4.78, 5) is 21.8. The fourth-order valence-corrected chi connectivity index (χ4v) is 7.03. The minimum absolute atomic E-state index is 0.170. The Kier molecular flexibility index (Phi) is 6.51. The molecule has 1 aromatic carbocycles. The molecule has 2 spiro atoms. The highest BCUT2D eigenvalue weighted by Gasteiger charge is 2.66. The third-order valence-corrected chi connectivity index (χ3v) is 9.29. The molecular weight excluding hydrogens is 432 g/mol. The molecule has 0 N–H and O–H groups in total. The molecule has 1 aromatic rings. The predicted octanol–water partition coefficient (Wildman–Crippen LogP) is 5.55. The van der Waals surface area contributed by atoms with Crippen LogP contribution in [0, 0.1) is 11.3 Å². The van der Waals surface area contributed by atoms with Gasteiger partial charge in [0, 0.05) is 24.8 Å². The van der Waals surface area contributed by atoms with Crippen molar-refractivity contribution < 1.29 is 14.3 Å². The van der Waals surface area contributed by atoms with Gasteiger partial charge in [0.1, 0.15) is 5.75 Å². The van der Waals surface area contributed by atoms with Crippen LogP contribution >= 0.6 is 11.8 Å². The number of fused-ring (bicyclic) bond motifs is 3. The van der Waals surface area contributed by atoms with Crippen LogP contribution in [0.3, 0.4) is 0 Å². The van der Waals surface area contributed by atoms with E-state index in [1.807, 2.05) is 12.0 Å². The third-order valence-electron chi connectivity index (χ3n) is 8.10. The maximum Gasteiger partial charge on any atom is 0.261 e. The van der Waals surface area contributed by atoms with Gasteiger partial charge in [0.2, 0.25) is 0 Å². The average Bonchev–Trinajstić information content (AvgIpc) is 3.58. The standard InChI is InChI=1S/C27H38N2O3S/c1-4-14-29-24(30)27(28-25(29)33-15-5-2)23-16-22(32-18-19-6-7-19)9-8-20(23)17-26(27)12-10-21(31-3)11-13-26/h8-9,16,19,21H,4-7,10-15,17-18H2,1-3H3. The van der Waals surface area contributed by atoms with Crippen molar-refractivity contribution in [3.63, 3.8) is 0 Å². The molecule has 1 amide bonds. The van der Waals surface area contributed by atoms with Gasteiger partial charge in [-0.15, -0.1) is 0 Å². The van der Waals surface area contributed by atoms with Crippen LogP contribution in [0.2, 0.25) is 0 Å². The van der Waals surface area contributed by atoms with E-state index < -0.39 is 5.54 Å². The van der Waals surface area contributed by atoms with E-state index in [0.717, 1.165) is 80.3 Å². The molecule has 180 valence electrons. The number of rotatable bonds is 8. The monoisotopic (exact) mass is 470 g/mol. The van der Waals surface area contributed by atoms with Crippen LogP contribution in [0.4, 0.5) is 0 Å². The molecule has 0 saturated heterocycles. The molecule has 0 radical (unpaired) electrons. The number of amides is 1. The van der Waals surface area contributed by atoms with E-state index in [1.54, 1.807) is 11.8 Å². The van der Waals surface area contributed by atoms with E-state index in [1.165, 1.54) is 18.4 Å². The number of amidine groups is 1. The molecule has 1 aliphatic heterocycles. The molecule has 0 bridgehead atoms. The molecule has 1 heterocycles. The topological polar surface area (TPSA) is 51.1 Å². The lowest BCUT2D eigenvalue weighted by atomic mass is 9.61. The summed E-state index contributed by atoms with van der Waals surface area (Å²) in [5, 5.41) is 0.925. The predicted molar refractivity (Wildman–Crippen MR) is 134 cm³/mol. The van der Waals surface area contributed by atoms with Crippen molar-refractivity contribution in [1.82, 2.24) is 4.90 Å². The number of hydrogen-bond donors (Lipinski definition) is 0. The lowest BCUT2D eigenvalue weighted by Crippen LogP contribution is -2.51. The molecule has 0 aromatic heterocycles. The highest BCUT2D eigenvalue weighted by Crippen LogP contribution is 2.62. The summed E-state index contributed by atoms with van der Waals surface area (Å²) >= 11 is 1.75. The Morgan fingerprint density at radius 3 is 2.61 bits per heavy atom. The van der Waals surface area contributed by atoms with Crippen molar-refractivity contribution in [2.45, 2.75) is 83.3 Å². The second-order valence-electron chi connectivity index (χ2n) is 10.4. The fraction of sp³-hybridized carbons (Fsp3) is 0.704. The Balaban J connectivity index is 1.58. The second kappa shape index (κ2) is 9.26. The summed E-state index contributed by atoms with van der Waals surface area (Å²) in [6, 6.07) is 6.48. The van der Waals surface area contributed by atoms with Gasteiger partial charge in [0.05, 0.1) is 12.7 Å². The van der Waals surface area contributed by atoms with Crippen molar-refractivity contribution >= 4 is 22.8 Å². The number of hydrogen-bond acceptors (Lipinski definition) is 5. The summed E-state index contributed by atoms with van der Waals surface area (Å²) in [7, 11) is 1.81. The molecule has 2 fully saturated rings. The first-order valence-electron chi connectivity index (χ1n) is 12.9. The molecule has 1 unspecified atom stereocenters. The van der Waals surface area contributed by atoms with Crippen LogP contribution in [-0.4, -0.2) is 48.1 Å². The molecule has 2 saturated carbocycles. The number of aliphatic imine (C=N–C) groups is 1. The van der Waals surface area contributed by atoms with Gasteiger partial charge in [-0.3, -0.25) is 9.69 Å². The van der Waals surface area contributed by atoms with Crippen LogP contribution in [0.25, 0.3) is 0 Å². The van der Waals surface area contributed by atoms with Crippen molar-refractivity contribution in [2.75, 3.05) is 26.0 Å². The van der Waals surface area contributed by atoms with Crippen molar-refractivity contribution in [3.8, 4) is 5.75 Å². The molecule has 1 atom stereocenters. The lowest BCUT2D eigenvalue weighted by molar-refractivity contribution is -0.138. The largest absolute Gasteiger partial charge is 0.493 e. The second-order valence-corrected chi connectivity index (χ2v) is 11.4. The summed E-state index contributed by atoms with van der Waals surface area (Å²) < 4.78 is 11.9. The third kappa shape index (κ3) is 3.91. The van der Waals surface area contributed by atoms with Gasteiger partial charge >= 0.3 is 0 Å². The molecule has 4 aliphatic rings. The Bertz CT molecular complexity index is 920. The fourth-order valence-electron chi connectivity index (χ4n) is 6.11. The van der Waals surface area contributed by atoms with Crippen LogP contribution in [0.1, 0.15) is 76.3 Å². The maximum atomic E-state index is 14.4. The first-order chi connectivity index (χ1) is 16.1. The minimum Gasteiger partial charge on any atom is -0.493 e. The van der Waals surface area contributed by atoms with Crippen molar-refractivity contribution in [1.29, 1.82) is 0 Å². The molecule has 5 rings (SSSR count). The van der Waals surface area contributed by atoms with Crippen LogP contribution in [0.15, 0.2) is 23.2 Å². The Morgan fingerprint density at radius 2 is 1.94 bits per heavy atom. The highest BCUT2D eigenvalue weighted by molar-refractivity contribution is 8.13. The van der Waals surface area contributed by atoms with E-state index in [9.17, 15) is 4.79 Å². The normalized spacial score (nSPS) is 30.9. The molecule has 3 aliphatic carbocycles. The number of thioether (sulfide) groups is 1. The number of nitrogens with zero attached hydrogens (tertiary/aromatic N) is 2. The van der Waals surface area contributed by atoms with E-state index in [-0.39, 0.29) is 17.4 Å². The zero-order chi connectivity index (χ0) is 23.1. The zero-order valence-corrected chi connectivity index (χ0v) is 21.2. The van der Waals surface area contributed by atoms with Crippen LogP contribution in [0.5, 0.6) is 5.75 Å². The first-order valence-corrected chi connectivity index (χ1v) is 13.9. The smallest absolute Gasteiger partial charge is 0.261 e. The number of ether oxygens (including phenoxy) is 2. The average molecular weight is 471 g/mol. The minimum atomic E-state index is -0.814. The highest BCUT2D eigenvalue weighted by atomic mass is 32.2. The molecule has 33 heavy (non-hydrogen) atoms. The van der Waals surface area contributed by atoms with Gasteiger partial charge < -0.3 is 9.47 Å². The lowest BCUT2D eigenvalue weighted by Gasteiger charge is -2.45. The van der Waals surface area contributed by atoms with Crippen LogP contribution < -0.4 is 4.74 Å². The summed E-state index contributed by atoms with van der Waals surface area (Å²) in [5.74, 6) is 2.77. The number of methoxy groups -OCH3 is 1. The maximum absolute atomic E-state index is 14.4. The molecular formula is C27H38N2O3S. The van der Waals surface area contributed by atoms with Gasteiger partial charge in [-0.05, 0) is 87.0 Å². The summed E-state index contributed by atoms with van der Waals surface area (Å²) in [5.41, 5.74) is 1.40. The number of carbonyl (C=O) groups is 1. The van der Waals surface area contributed by atoms with Gasteiger partial charge in [-0.2, -0.15) is 0 Å². The quantitative estimate of drug-likeness (QED) is 0.500. The van der Waals surface area contributed by atoms with Gasteiger partial charge in [-0.1, -0.05) is 31.7 Å². The van der Waals surface area contributed by atoms with Crippen molar-refractivity contribution in [2.24, 2.45) is 16.3 Å². The first kappa shape index (κ1) is 23.2. The van der Waals surface area contributed by atoms with E-state index in [2.05, 4.69) is 32.0 Å². The van der Waals surface area contributed by atoms with Gasteiger partial charge in [0.15, 0.2) is 10.7 Å². The SMILES string of the molecule is CCCSC1=NC2(C(=O)N1CCC)c1cc(OCC3CC3)ccc1CC21CCC(OC)CC1. The number of benzene rings is 1. The zero-order valence-electron chi connectivity index (χ0n) is 20.4. The summed E-state index contributed by atoms with van der Waals surface area (Å²) in [6.45, 7) is 5.85. The van der Waals surface area contributed by atoms with Crippen LogP contribution in [-0.2, 0) is 21.5 Å². The van der Waals surface area contributed by atoms with E-state index in [0.29, 0.717) is 5.92 Å². The Hall–Kier alpha value is -1.53. The van der Waals surface area contributed by atoms with Gasteiger partial charge in [-0.25, -0.2) is 4.99 Å². The Labute approximate surface area is 202 Å². The van der Waals surface area contributed by atoms with Crippen molar-refractivity contribution in [3.05, 3.63) is 29.3 Å².